The second-order valence-electron chi connectivity index (χ2n) is 4.38. The first kappa shape index (κ1) is 13.5. The number of carbonyl (C=O) groups is 1. The molecule has 1 amide bonds. The van der Waals surface area contributed by atoms with Crippen LogP contribution in [0.4, 0.5) is 4.79 Å². The molecule has 0 spiro atoms. The minimum atomic E-state index is -2.67. The van der Waals surface area contributed by atoms with Gasteiger partial charge in [-0.3, -0.25) is 4.90 Å². The van der Waals surface area contributed by atoms with E-state index in [2.05, 4.69) is 4.36 Å². The first-order chi connectivity index (χ1) is 9.06. The lowest BCUT2D eigenvalue weighted by Gasteiger charge is -2.41. The molecule has 19 heavy (non-hydrogen) atoms. The van der Waals surface area contributed by atoms with Gasteiger partial charge in [0.05, 0.1) is 0 Å². The highest BCUT2D eigenvalue weighted by molar-refractivity contribution is 7.61. The summed E-state index contributed by atoms with van der Waals surface area (Å²) in [6.45, 7) is 0.283. The molecule has 1 atom stereocenters. The van der Waals surface area contributed by atoms with Crippen molar-refractivity contribution in [2.45, 2.75) is 24.9 Å². The maximum Gasteiger partial charge on any atom is 0.409 e. The third kappa shape index (κ3) is 2.60. The van der Waals surface area contributed by atoms with Crippen molar-refractivity contribution < 1.29 is 18.3 Å². The Morgan fingerprint density at radius 2 is 1.95 bits per heavy atom. The topological polar surface area (TPSA) is 87.0 Å². The number of carboxylic acid groups (broad SMARTS) is 1. The van der Waals surface area contributed by atoms with Crippen molar-refractivity contribution >= 4 is 16.6 Å². The van der Waals surface area contributed by atoms with Gasteiger partial charge in [-0.05, 0) is 19.3 Å². The van der Waals surface area contributed by atoms with Crippen molar-refractivity contribution in [1.29, 1.82) is 0 Å². The van der Waals surface area contributed by atoms with E-state index < -0.39 is 22.3 Å². The number of benzene rings is 1. The Hall–Kier alpha value is -1.89. The molecule has 0 aromatic heterocycles. The van der Waals surface area contributed by atoms with E-state index in [1.807, 2.05) is 0 Å². The maximum absolute atomic E-state index is 11.4. The number of hydrogen-bond donors (Lipinski definition) is 1. The lowest BCUT2D eigenvalue weighted by molar-refractivity contribution is 0.0511. The Balaban J connectivity index is 2.62. The maximum atomic E-state index is 11.4. The summed E-state index contributed by atoms with van der Waals surface area (Å²) in [6.07, 6.45) is 0.663. The van der Waals surface area contributed by atoms with Crippen molar-refractivity contribution in [3.05, 3.63) is 35.9 Å². The van der Waals surface area contributed by atoms with Gasteiger partial charge in [-0.15, -0.1) is 4.36 Å². The van der Waals surface area contributed by atoms with Crippen LogP contribution in [0.5, 0.6) is 0 Å². The predicted molar refractivity (Wildman–Crippen MR) is 68.0 cm³/mol. The third-order valence-corrected chi connectivity index (χ3v) is 3.75. The van der Waals surface area contributed by atoms with Crippen molar-refractivity contribution in [2.75, 3.05) is 6.54 Å². The van der Waals surface area contributed by atoms with E-state index in [1.54, 1.807) is 30.3 Å². The van der Waals surface area contributed by atoms with Gasteiger partial charge in [-0.2, -0.15) is 8.42 Å². The SMILES string of the molecule is O=C(O)N1CCCCC1(N=S(=O)=O)c1ccccc1. The first-order valence-corrected chi connectivity index (χ1v) is 6.98. The number of amides is 1. The summed E-state index contributed by atoms with van der Waals surface area (Å²) in [5.41, 5.74) is -0.737. The first-order valence-electron chi connectivity index (χ1n) is 5.94. The summed E-state index contributed by atoms with van der Waals surface area (Å²) >= 11 is 0. The van der Waals surface area contributed by atoms with Gasteiger partial charge in [0.1, 0.15) is 0 Å². The van der Waals surface area contributed by atoms with E-state index in [4.69, 9.17) is 0 Å². The number of piperidine rings is 1. The summed E-state index contributed by atoms with van der Waals surface area (Å²) in [5.74, 6) is 0. The van der Waals surface area contributed by atoms with Gasteiger partial charge in [0.25, 0.3) is 0 Å². The zero-order valence-corrected chi connectivity index (χ0v) is 11.0. The smallest absolute Gasteiger partial charge is 0.409 e. The molecule has 1 aliphatic rings. The highest BCUT2D eigenvalue weighted by Crippen LogP contribution is 2.39. The van der Waals surface area contributed by atoms with Crippen LogP contribution >= 0.6 is 0 Å². The molecule has 1 fully saturated rings. The van der Waals surface area contributed by atoms with Crippen molar-refractivity contribution in [3.8, 4) is 0 Å². The molecule has 1 saturated heterocycles. The van der Waals surface area contributed by atoms with Crippen molar-refractivity contribution in [3.63, 3.8) is 0 Å². The highest BCUT2D eigenvalue weighted by atomic mass is 32.2. The Morgan fingerprint density at radius 3 is 2.53 bits per heavy atom. The molecular formula is C12H14N2O4S. The quantitative estimate of drug-likeness (QED) is 0.899. The van der Waals surface area contributed by atoms with Gasteiger partial charge in [0.2, 0.25) is 0 Å². The van der Waals surface area contributed by atoms with E-state index in [-0.39, 0.29) is 6.54 Å². The van der Waals surface area contributed by atoms with Gasteiger partial charge in [0.15, 0.2) is 5.66 Å². The Kier molecular flexibility index (Phi) is 3.84. The fourth-order valence-corrected chi connectivity index (χ4v) is 3.03. The fraction of sp³-hybridized carbons (Fsp3) is 0.417. The second kappa shape index (κ2) is 5.40. The number of nitrogens with zero attached hydrogens (tertiary/aromatic N) is 2. The van der Waals surface area contributed by atoms with Crippen LogP contribution in [0.2, 0.25) is 0 Å². The fourth-order valence-electron chi connectivity index (χ4n) is 2.49. The van der Waals surface area contributed by atoms with Gasteiger partial charge < -0.3 is 5.11 Å². The van der Waals surface area contributed by atoms with Gasteiger partial charge in [0, 0.05) is 12.1 Å². The summed E-state index contributed by atoms with van der Waals surface area (Å²) in [6, 6.07) is 8.69. The highest BCUT2D eigenvalue weighted by Gasteiger charge is 2.44. The van der Waals surface area contributed by atoms with Gasteiger partial charge in [-0.1, -0.05) is 30.3 Å². The van der Waals surface area contributed by atoms with Gasteiger partial charge in [-0.25, -0.2) is 4.79 Å². The molecule has 6 nitrogen and oxygen atoms in total. The van der Waals surface area contributed by atoms with E-state index >= 15 is 0 Å². The molecule has 1 aromatic rings. The van der Waals surface area contributed by atoms with Crippen LogP contribution in [0.1, 0.15) is 24.8 Å². The molecule has 7 heteroatoms. The molecular weight excluding hydrogens is 268 g/mol. The summed E-state index contributed by atoms with van der Waals surface area (Å²) in [7, 11) is -2.67. The van der Waals surface area contributed by atoms with Crippen molar-refractivity contribution in [1.82, 2.24) is 4.90 Å². The number of rotatable bonds is 2. The molecule has 2 rings (SSSR count). The lowest BCUT2D eigenvalue weighted by atomic mass is 9.89. The van der Waals surface area contributed by atoms with E-state index in [9.17, 15) is 18.3 Å². The Labute approximate surface area is 112 Å². The zero-order valence-electron chi connectivity index (χ0n) is 10.2. The van der Waals surface area contributed by atoms with Crippen molar-refractivity contribution in [2.24, 2.45) is 4.36 Å². The van der Waals surface area contributed by atoms with Gasteiger partial charge >= 0.3 is 16.6 Å². The average Bonchev–Trinajstić information content (AvgIpc) is 2.39. The van der Waals surface area contributed by atoms with Crippen LogP contribution in [0.3, 0.4) is 0 Å². The van der Waals surface area contributed by atoms with E-state index in [0.29, 0.717) is 18.4 Å². The molecule has 0 radical (unpaired) electrons. The average molecular weight is 282 g/mol. The summed E-state index contributed by atoms with van der Waals surface area (Å²) in [5, 5.41) is 9.31. The minimum Gasteiger partial charge on any atom is -0.465 e. The van der Waals surface area contributed by atoms with Crippen LogP contribution in [0.15, 0.2) is 34.7 Å². The Bertz CT molecular complexity index is 591. The predicted octanol–water partition coefficient (Wildman–Crippen LogP) is 2.07. The molecule has 0 saturated carbocycles. The lowest BCUT2D eigenvalue weighted by Crippen LogP contribution is -2.50. The number of hydrogen-bond acceptors (Lipinski definition) is 4. The monoisotopic (exact) mass is 282 g/mol. The molecule has 1 unspecified atom stereocenters. The standard InChI is InChI=1S/C12H14N2O4S/c15-11(16)14-9-5-4-8-12(14,13-19(17)18)10-6-2-1-3-7-10/h1-3,6-7H,4-5,8-9H2,(H,15,16). The van der Waals surface area contributed by atoms with Crippen LogP contribution in [0.25, 0.3) is 0 Å². The van der Waals surface area contributed by atoms with Crippen LogP contribution in [0, 0.1) is 0 Å². The second-order valence-corrected chi connectivity index (χ2v) is 5.00. The van der Waals surface area contributed by atoms with E-state index in [1.165, 1.54) is 0 Å². The number of likely N-dealkylation sites (tertiary alicyclic amines) is 1. The molecule has 102 valence electrons. The minimum absolute atomic E-state index is 0.283. The molecule has 1 aliphatic heterocycles. The largest absolute Gasteiger partial charge is 0.465 e. The Morgan fingerprint density at radius 1 is 1.26 bits per heavy atom. The zero-order chi connectivity index (χ0) is 13.9. The third-order valence-electron chi connectivity index (χ3n) is 3.30. The summed E-state index contributed by atoms with van der Waals surface area (Å²) in [4.78, 5) is 12.5. The molecule has 1 N–H and O–H groups in total. The van der Waals surface area contributed by atoms with Crippen LogP contribution in [-0.4, -0.2) is 31.1 Å². The van der Waals surface area contributed by atoms with Crippen LogP contribution < -0.4 is 0 Å². The molecule has 1 aromatic carbocycles. The molecule has 0 aliphatic carbocycles. The molecule has 1 heterocycles. The summed E-state index contributed by atoms with van der Waals surface area (Å²) < 4.78 is 25.8. The molecule has 0 bridgehead atoms. The van der Waals surface area contributed by atoms with E-state index in [0.717, 1.165) is 11.3 Å². The normalized spacial score (nSPS) is 22.8. The van der Waals surface area contributed by atoms with Crippen LogP contribution in [-0.2, 0) is 16.2 Å².